The van der Waals surface area contributed by atoms with Crippen molar-refractivity contribution in [1.29, 1.82) is 0 Å². The highest BCUT2D eigenvalue weighted by atomic mass is 15.2. The van der Waals surface area contributed by atoms with E-state index in [9.17, 15) is 0 Å². The monoisotopic (exact) mass is 184 g/mol. The van der Waals surface area contributed by atoms with Crippen LogP contribution in [0.1, 0.15) is 39.0 Å². The van der Waals surface area contributed by atoms with Gasteiger partial charge in [-0.1, -0.05) is 32.6 Å². The average molecular weight is 184 g/mol. The summed E-state index contributed by atoms with van der Waals surface area (Å²) in [7, 11) is 2.26. The van der Waals surface area contributed by atoms with Crippen LogP contribution in [-0.2, 0) is 0 Å². The normalized spacial score (nSPS) is 24.9. The van der Waals surface area contributed by atoms with E-state index in [2.05, 4.69) is 24.2 Å². The zero-order chi connectivity index (χ0) is 9.52. The van der Waals surface area contributed by atoms with Crippen LogP contribution in [0.5, 0.6) is 0 Å². The Kier molecular flexibility index (Phi) is 5.40. The number of piperazine rings is 1. The van der Waals surface area contributed by atoms with Gasteiger partial charge in [0.25, 0.3) is 0 Å². The van der Waals surface area contributed by atoms with Crippen LogP contribution in [0, 0.1) is 0 Å². The first-order chi connectivity index (χ1) is 6.34. The van der Waals surface area contributed by atoms with Gasteiger partial charge in [-0.3, -0.25) is 0 Å². The highest BCUT2D eigenvalue weighted by Gasteiger charge is 2.17. The summed E-state index contributed by atoms with van der Waals surface area (Å²) in [5.41, 5.74) is 0. The molecule has 1 aliphatic rings. The molecular formula is C11H24N2. The van der Waals surface area contributed by atoms with Gasteiger partial charge in [0.2, 0.25) is 0 Å². The van der Waals surface area contributed by atoms with Crippen LogP contribution in [0.15, 0.2) is 0 Å². The van der Waals surface area contributed by atoms with Gasteiger partial charge in [0.05, 0.1) is 0 Å². The third-order valence-electron chi connectivity index (χ3n) is 3.04. The molecular weight excluding hydrogens is 160 g/mol. The third-order valence-corrected chi connectivity index (χ3v) is 3.04. The van der Waals surface area contributed by atoms with Crippen molar-refractivity contribution in [2.24, 2.45) is 0 Å². The van der Waals surface area contributed by atoms with E-state index >= 15 is 0 Å². The number of nitrogens with zero attached hydrogens (tertiary/aromatic N) is 1. The molecule has 0 radical (unpaired) electrons. The highest BCUT2D eigenvalue weighted by Crippen LogP contribution is 2.10. The predicted octanol–water partition coefficient (Wildman–Crippen LogP) is 1.86. The second kappa shape index (κ2) is 6.39. The van der Waals surface area contributed by atoms with Crippen LogP contribution >= 0.6 is 0 Å². The Morgan fingerprint density at radius 1 is 1.31 bits per heavy atom. The van der Waals surface area contributed by atoms with Gasteiger partial charge in [0.1, 0.15) is 0 Å². The molecule has 0 aromatic carbocycles. The molecule has 1 rings (SSSR count). The van der Waals surface area contributed by atoms with Crippen molar-refractivity contribution in [3.8, 4) is 0 Å². The molecule has 0 amide bonds. The molecule has 0 aliphatic carbocycles. The summed E-state index contributed by atoms with van der Waals surface area (Å²) in [4.78, 5) is 2.50. The van der Waals surface area contributed by atoms with Crippen molar-refractivity contribution in [3.63, 3.8) is 0 Å². The quantitative estimate of drug-likeness (QED) is 0.656. The molecule has 1 saturated heterocycles. The first kappa shape index (κ1) is 11.0. The molecule has 0 saturated carbocycles. The van der Waals surface area contributed by atoms with E-state index in [0.717, 1.165) is 6.04 Å². The molecule has 1 unspecified atom stereocenters. The molecule has 2 nitrogen and oxygen atoms in total. The molecule has 2 heteroatoms. The number of unbranched alkanes of at least 4 members (excludes halogenated alkanes) is 3. The van der Waals surface area contributed by atoms with Gasteiger partial charge in [-0.25, -0.2) is 0 Å². The Hall–Kier alpha value is -0.0800. The number of hydrogen-bond donors (Lipinski definition) is 1. The largest absolute Gasteiger partial charge is 0.314 e. The van der Waals surface area contributed by atoms with Gasteiger partial charge in [-0.2, -0.15) is 0 Å². The first-order valence-electron chi connectivity index (χ1n) is 5.75. The minimum atomic E-state index is 0.797. The van der Waals surface area contributed by atoms with Crippen molar-refractivity contribution in [3.05, 3.63) is 0 Å². The van der Waals surface area contributed by atoms with E-state index in [1.165, 1.54) is 51.7 Å². The lowest BCUT2D eigenvalue weighted by Gasteiger charge is -2.33. The van der Waals surface area contributed by atoms with Gasteiger partial charge in [-0.05, 0) is 13.5 Å². The van der Waals surface area contributed by atoms with Crippen LogP contribution in [0.3, 0.4) is 0 Å². The second-order valence-corrected chi connectivity index (χ2v) is 4.19. The van der Waals surface area contributed by atoms with E-state index in [4.69, 9.17) is 0 Å². The molecule has 0 aromatic rings. The lowest BCUT2D eigenvalue weighted by Crippen LogP contribution is -2.49. The van der Waals surface area contributed by atoms with E-state index in [1.807, 2.05) is 0 Å². The number of likely N-dealkylation sites (N-methyl/N-ethyl adjacent to an activating group) is 1. The Labute approximate surface area is 82.7 Å². The Morgan fingerprint density at radius 2 is 2.15 bits per heavy atom. The van der Waals surface area contributed by atoms with Gasteiger partial charge in [-0.15, -0.1) is 0 Å². The fourth-order valence-corrected chi connectivity index (χ4v) is 1.99. The fourth-order valence-electron chi connectivity index (χ4n) is 1.99. The maximum absolute atomic E-state index is 3.46. The maximum atomic E-state index is 3.46. The van der Waals surface area contributed by atoms with Gasteiger partial charge < -0.3 is 10.2 Å². The first-order valence-corrected chi connectivity index (χ1v) is 5.75. The summed E-state index contributed by atoms with van der Waals surface area (Å²) < 4.78 is 0. The number of hydrogen-bond acceptors (Lipinski definition) is 2. The molecule has 1 atom stereocenters. The van der Waals surface area contributed by atoms with Crippen molar-refractivity contribution in [1.82, 2.24) is 10.2 Å². The number of nitrogens with one attached hydrogen (secondary N) is 1. The van der Waals surface area contributed by atoms with E-state index < -0.39 is 0 Å². The van der Waals surface area contributed by atoms with Crippen molar-refractivity contribution >= 4 is 0 Å². The third kappa shape index (κ3) is 4.10. The summed E-state index contributed by atoms with van der Waals surface area (Å²) in [6.07, 6.45) is 6.96. The molecule has 1 heterocycles. The average Bonchev–Trinajstić information content (AvgIpc) is 2.15. The minimum Gasteiger partial charge on any atom is -0.314 e. The smallest absolute Gasteiger partial charge is 0.0218 e. The zero-order valence-electron chi connectivity index (χ0n) is 9.18. The molecule has 1 aliphatic heterocycles. The minimum absolute atomic E-state index is 0.797. The zero-order valence-corrected chi connectivity index (χ0v) is 9.18. The summed E-state index contributed by atoms with van der Waals surface area (Å²) in [6.45, 7) is 5.86. The van der Waals surface area contributed by atoms with E-state index in [-0.39, 0.29) is 0 Å². The summed E-state index contributed by atoms with van der Waals surface area (Å²) in [5.74, 6) is 0. The van der Waals surface area contributed by atoms with Crippen LogP contribution in [0.4, 0.5) is 0 Å². The van der Waals surface area contributed by atoms with Crippen LogP contribution in [0.2, 0.25) is 0 Å². The van der Waals surface area contributed by atoms with E-state index in [1.54, 1.807) is 0 Å². The fraction of sp³-hybridized carbons (Fsp3) is 1.00. The van der Waals surface area contributed by atoms with Crippen molar-refractivity contribution in [2.75, 3.05) is 26.7 Å². The lowest BCUT2D eigenvalue weighted by molar-refractivity contribution is 0.187. The Morgan fingerprint density at radius 3 is 2.85 bits per heavy atom. The standard InChI is InChI=1S/C11H24N2/c1-3-4-5-6-7-11-10-12-8-9-13(11)2/h11-12H,3-10H2,1-2H3. The second-order valence-electron chi connectivity index (χ2n) is 4.19. The molecule has 1 fully saturated rings. The Bertz CT molecular complexity index is 125. The number of rotatable bonds is 5. The molecule has 1 N–H and O–H groups in total. The van der Waals surface area contributed by atoms with Crippen LogP contribution in [0.25, 0.3) is 0 Å². The summed E-state index contributed by atoms with van der Waals surface area (Å²) in [5, 5.41) is 3.46. The highest BCUT2D eigenvalue weighted by molar-refractivity contribution is 4.76. The predicted molar refractivity (Wildman–Crippen MR) is 58.0 cm³/mol. The van der Waals surface area contributed by atoms with Gasteiger partial charge >= 0.3 is 0 Å². The van der Waals surface area contributed by atoms with E-state index in [0.29, 0.717) is 0 Å². The molecule has 78 valence electrons. The van der Waals surface area contributed by atoms with Crippen molar-refractivity contribution in [2.45, 2.75) is 45.1 Å². The molecule has 0 spiro atoms. The van der Waals surface area contributed by atoms with Gasteiger partial charge in [0, 0.05) is 25.7 Å². The Balaban J connectivity index is 2.05. The summed E-state index contributed by atoms with van der Waals surface area (Å²) >= 11 is 0. The maximum Gasteiger partial charge on any atom is 0.0218 e. The lowest BCUT2D eigenvalue weighted by atomic mass is 10.0. The summed E-state index contributed by atoms with van der Waals surface area (Å²) in [6, 6.07) is 0.797. The van der Waals surface area contributed by atoms with Crippen molar-refractivity contribution < 1.29 is 0 Å². The van der Waals surface area contributed by atoms with Crippen LogP contribution in [-0.4, -0.2) is 37.6 Å². The topological polar surface area (TPSA) is 15.3 Å². The molecule has 0 aromatic heterocycles. The molecule has 0 bridgehead atoms. The van der Waals surface area contributed by atoms with Gasteiger partial charge in [0.15, 0.2) is 0 Å². The molecule has 13 heavy (non-hydrogen) atoms. The SMILES string of the molecule is CCCCCCC1CNCCN1C. The van der Waals surface area contributed by atoms with Crippen LogP contribution < -0.4 is 5.32 Å².